The minimum atomic E-state index is -0.366. The van der Waals surface area contributed by atoms with Gasteiger partial charge in [0.15, 0.2) is 0 Å². The number of ether oxygens (including phenoxy) is 1. The number of hydrogen-bond donors (Lipinski definition) is 0. The van der Waals surface area contributed by atoms with Crippen LogP contribution in [-0.2, 0) is 0 Å². The summed E-state index contributed by atoms with van der Waals surface area (Å²) >= 11 is 0. The van der Waals surface area contributed by atoms with Crippen molar-refractivity contribution < 1.29 is 9.53 Å². The average Bonchev–Trinajstić information content (AvgIpc) is 2.40. The highest BCUT2D eigenvalue weighted by molar-refractivity contribution is 5.91. The van der Waals surface area contributed by atoms with Gasteiger partial charge in [-0.05, 0) is 50.0 Å². The average molecular weight is 239 g/mol. The van der Waals surface area contributed by atoms with Gasteiger partial charge in [-0.25, -0.2) is 4.79 Å². The summed E-state index contributed by atoms with van der Waals surface area (Å²) in [6.45, 7) is 5.39. The van der Waals surface area contributed by atoms with Gasteiger partial charge in [0.1, 0.15) is 5.75 Å². The molecule has 0 aromatic heterocycles. The Labute approximate surface area is 106 Å². The number of carbonyl (C=O) groups excluding carboxylic acids is 1. The molecular formula is C15H13NO2. The van der Waals surface area contributed by atoms with Gasteiger partial charge in [-0.2, -0.15) is 0 Å². The molecule has 0 N–H and O–H groups in total. The lowest BCUT2D eigenvalue weighted by Crippen LogP contribution is -2.08. The second kappa shape index (κ2) is 5.27. The molecule has 0 saturated carbocycles. The Morgan fingerprint density at radius 2 is 1.67 bits per heavy atom. The molecular weight excluding hydrogens is 226 g/mol. The van der Waals surface area contributed by atoms with Crippen molar-refractivity contribution in [2.24, 2.45) is 4.99 Å². The first-order valence-electron chi connectivity index (χ1n) is 5.54. The van der Waals surface area contributed by atoms with Crippen LogP contribution in [0.3, 0.4) is 0 Å². The third kappa shape index (κ3) is 2.83. The lowest BCUT2D eigenvalue weighted by atomic mass is 10.1. The second-order valence-corrected chi connectivity index (χ2v) is 3.91. The summed E-state index contributed by atoms with van der Waals surface area (Å²) in [7, 11) is 0. The molecule has 0 spiro atoms. The number of aryl methyl sites for hydroxylation is 1. The fourth-order valence-electron chi connectivity index (χ4n) is 1.48. The molecule has 2 rings (SSSR count). The molecule has 0 bridgehead atoms. The van der Waals surface area contributed by atoms with E-state index in [9.17, 15) is 4.79 Å². The van der Waals surface area contributed by atoms with Gasteiger partial charge in [0.2, 0.25) is 0 Å². The van der Waals surface area contributed by atoms with Crippen molar-refractivity contribution in [3.05, 3.63) is 59.7 Å². The summed E-state index contributed by atoms with van der Waals surface area (Å²) in [5.74, 6) is 0.127. The van der Waals surface area contributed by atoms with Crippen LogP contribution in [0.5, 0.6) is 5.75 Å². The molecule has 2 aromatic carbocycles. The topological polar surface area (TPSA) is 38.7 Å². The molecule has 0 unspecified atom stereocenters. The number of esters is 1. The Bertz CT molecular complexity index is 556. The number of carbonyl (C=O) groups is 1. The molecule has 0 heterocycles. The third-order valence-corrected chi connectivity index (χ3v) is 2.52. The highest BCUT2D eigenvalue weighted by Crippen LogP contribution is 2.18. The van der Waals surface area contributed by atoms with Crippen molar-refractivity contribution in [3.8, 4) is 5.75 Å². The third-order valence-electron chi connectivity index (χ3n) is 2.52. The Hall–Kier alpha value is -2.42. The Morgan fingerprint density at radius 1 is 1.06 bits per heavy atom. The first-order valence-corrected chi connectivity index (χ1v) is 5.54. The quantitative estimate of drug-likeness (QED) is 0.466. The van der Waals surface area contributed by atoms with Crippen LogP contribution in [0, 0.1) is 6.92 Å². The van der Waals surface area contributed by atoms with E-state index in [1.165, 1.54) is 0 Å². The molecule has 2 aromatic rings. The molecule has 0 amide bonds. The van der Waals surface area contributed by atoms with Crippen LogP contribution in [0.25, 0.3) is 0 Å². The SMILES string of the molecule is C=Nc1ccc(OC(=O)c2ccc(C)cc2)cc1. The number of hydrogen-bond acceptors (Lipinski definition) is 3. The predicted octanol–water partition coefficient (Wildman–Crippen LogP) is 3.55. The van der Waals surface area contributed by atoms with E-state index in [-0.39, 0.29) is 5.97 Å². The number of benzene rings is 2. The van der Waals surface area contributed by atoms with Crippen molar-refractivity contribution in [1.29, 1.82) is 0 Å². The highest BCUT2D eigenvalue weighted by atomic mass is 16.5. The van der Waals surface area contributed by atoms with Gasteiger partial charge >= 0.3 is 5.97 Å². The maximum Gasteiger partial charge on any atom is 0.343 e. The summed E-state index contributed by atoms with van der Waals surface area (Å²) in [6, 6.07) is 14.1. The monoisotopic (exact) mass is 239 g/mol. The zero-order valence-corrected chi connectivity index (χ0v) is 10.1. The van der Waals surface area contributed by atoms with E-state index >= 15 is 0 Å². The Balaban J connectivity index is 2.10. The van der Waals surface area contributed by atoms with Crippen LogP contribution in [0.1, 0.15) is 15.9 Å². The molecule has 18 heavy (non-hydrogen) atoms. The smallest absolute Gasteiger partial charge is 0.343 e. The Morgan fingerprint density at radius 3 is 2.22 bits per heavy atom. The van der Waals surface area contributed by atoms with Gasteiger partial charge in [-0.1, -0.05) is 17.7 Å². The molecule has 0 aliphatic carbocycles. The minimum Gasteiger partial charge on any atom is -0.423 e. The van der Waals surface area contributed by atoms with Gasteiger partial charge in [0.05, 0.1) is 11.3 Å². The lowest BCUT2D eigenvalue weighted by Gasteiger charge is -2.04. The molecule has 0 aliphatic heterocycles. The predicted molar refractivity (Wildman–Crippen MR) is 71.8 cm³/mol. The van der Waals surface area contributed by atoms with Crippen LogP contribution in [0.2, 0.25) is 0 Å². The summed E-state index contributed by atoms with van der Waals surface area (Å²) in [4.78, 5) is 15.6. The van der Waals surface area contributed by atoms with E-state index in [1.807, 2.05) is 19.1 Å². The van der Waals surface area contributed by atoms with Crippen LogP contribution in [-0.4, -0.2) is 12.7 Å². The molecule has 3 nitrogen and oxygen atoms in total. The van der Waals surface area contributed by atoms with Crippen molar-refractivity contribution in [3.63, 3.8) is 0 Å². The van der Waals surface area contributed by atoms with E-state index < -0.39 is 0 Å². The van der Waals surface area contributed by atoms with Gasteiger partial charge < -0.3 is 4.74 Å². The Kier molecular flexibility index (Phi) is 3.53. The van der Waals surface area contributed by atoms with Gasteiger partial charge in [0.25, 0.3) is 0 Å². The summed E-state index contributed by atoms with van der Waals surface area (Å²) < 4.78 is 5.24. The maximum absolute atomic E-state index is 11.8. The lowest BCUT2D eigenvalue weighted by molar-refractivity contribution is 0.0735. The van der Waals surface area contributed by atoms with E-state index in [2.05, 4.69) is 11.7 Å². The van der Waals surface area contributed by atoms with Gasteiger partial charge in [-0.3, -0.25) is 4.99 Å². The van der Waals surface area contributed by atoms with Gasteiger partial charge in [-0.15, -0.1) is 0 Å². The van der Waals surface area contributed by atoms with Crippen LogP contribution in [0.4, 0.5) is 5.69 Å². The van der Waals surface area contributed by atoms with Crippen molar-refractivity contribution in [1.82, 2.24) is 0 Å². The van der Waals surface area contributed by atoms with E-state index in [0.29, 0.717) is 11.3 Å². The molecule has 0 aliphatic rings. The van der Waals surface area contributed by atoms with Crippen molar-refractivity contribution in [2.75, 3.05) is 0 Å². The van der Waals surface area contributed by atoms with E-state index in [4.69, 9.17) is 4.74 Å². The molecule has 0 saturated heterocycles. The van der Waals surface area contributed by atoms with Gasteiger partial charge in [0, 0.05) is 0 Å². The molecule has 0 atom stereocenters. The van der Waals surface area contributed by atoms with E-state index in [0.717, 1.165) is 11.3 Å². The van der Waals surface area contributed by atoms with Crippen molar-refractivity contribution >= 4 is 18.4 Å². The maximum atomic E-state index is 11.8. The highest BCUT2D eigenvalue weighted by Gasteiger charge is 2.07. The normalized spacial score (nSPS) is 9.83. The molecule has 3 heteroatoms. The van der Waals surface area contributed by atoms with Crippen LogP contribution < -0.4 is 4.74 Å². The second-order valence-electron chi connectivity index (χ2n) is 3.91. The first-order chi connectivity index (χ1) is 8.69. The van der Waals surface area contributed by atoms with E-state index in [1.54, 1.807) is 36.4 Å². The fraction of sp³-hybridized carbons (Fsp3) is 0.0667. The molecule has 0 fully saturated rings. The summed E-state index contributed by atoms with van der Waals surface area (Å²) in [6.07, 6.45) is 0. The molecule has 90 valence electrons. The zero-order chi connectivity index (χ0) is 13.0. The number of nitrogens with zero attached hydrogens (tertiary/aromatic N) is 1. The van der Waals surface area contributed by atoms with Crippen LogP contribution >= 0.6 is 0 Å². The van der Waals surface area contributed by atoms with Crippen molar-refractivity contribution in [2.45, 2.75) is 6.92 Å². The summed E-state index contributed by atoms with van der Waals surface area (Å²) in [5, 5.41) is 0. The molecule has 0 radical (unpaired) electrons. The fourth-order valence-corrected chi connectivity index (χ4v) is 1.48. The minimum absolute atomic E-state index is 0.366. The zero-order valence-electron chi connectivity index (χ0n) is 10.1. The number of aliphatic imine (C=N–C) groups is 1. The largest absolute Gasteiger partial charge is 0.423 e. The van der Waals surface area contributed by atoms with Crippen LogP contribution in [0.15, 0.2) is 53.5 Å². The standard InChI is InChI=1S/C15H13NO2/c1-11-3-5-12(6-4-11)15(17)18-14-9-7-13(16-2)8-10-14/h3-10H,2H2,1H3. The first kappa shape index (κ1) is 12.0. The number of rotatable bonds is 3. The summed E-state index contributed by atoms with van der Waals surface area (Å²) in [5.41, 5.74) is 2.38.